The van der Waals surface area contributed by atoms with Gasteiger partial charge in [-0.05, 0) is 29.8 Å². The third-order valence-corrected chi connectivity index (χ3v) is 4.05. The van der Waals surface area contributed by atoms with Crippen LogP contribution in [0.2, 0.25) is 0 Å². The van der Waals surface area contributed by atoms with Crippen LogP contribution in [0.25, 0.3) is 10.9 Å². The van der Waals surface area contributed by atoms with Crippen molar-refractivity contribution in [2.75, 3.05) is 5.32 Å². The van der Waals surface area contributed by atoms with Gasteiger partial charge in [-0.15, -0.1) is 0 Å². The molecule has 2 N–H and O–H groups in total. The number of anilines is 1. The molecule has 0 fully saturated rings. The quantitative estimate of drug-likeness (QED) is 0.564. The largest absolute Gasteiger partial charge is 0.489 e. The molecule has 0 aliphatic rings. The van der Waals surface area contributed by atoms with Gasteiger partial charge in [0.1, 0.15) is 12.4 Å². The zero-order chi connectivity index (χ0) is 17.8. The van der Waals surface area contributed by atoms with Gasteiger partial charge in [-0.3, -0.25) is 9.89 Å². The smallest absolute Gasteiger partial charge is 0.256 e. The van der Waals surface area contributed by atoms with Crippen LogP contribution in [-0.2, 0) is 6.61 Å². The van der Waals surface area contributed by atoms with Gasteiger partial charge in [0.25, 0.3) is 5.91 Å². The lowest BCUT2D eigenvalue weighted by Crippen LogP contribution is -2.12. The average Bonchev–Trinajstić information content (AvgIpc) is 3.10. The molecule has 5 nitrogen and oxygen atoms in total. The first-order valence-corrected chi connectivity index (χ1v) is 8.31. The Balaban J connectivity index is 1.49. The Morgan fingerprint density at radius 1 is 0.962 bits per heavy atom. The van der Waals surface area contributed by atoms with Crippen molar-refractivity contribution in [1.82, 2.24) is 10.2 Å². The van der Waals surface area contributed by atoms with Crippen molar-refractivity contribution in [3.05, 3.63) is 90.0 Å². The van der Waals surface area contributed by atoms with E-state index in [0.717, 1.165) is 22.2 Å². The van der Waals surface area contributed by atoms with Crippen LogP contribution in [-0.4, -0.2) is 16.1 Å². The first kappa shape index (κ1) is 15.9. The molecule has 0 atom stereocenters. The molecule has 3 aromatic carbocycles. The summed E-state index contributed by atoms with van der Waals surface area (Å²) >= 11 is 0. The Bertz CT molecular complexity index is 1030. The third-order valence-electron chi connectivity index (χ3n) is 4.05. The van der Waals surface area contributed by atoms with Crippen molar-refractivity contribution in [3.8, 4) is 5.75 Å². The molecule has 0 aliphatic carbocycles. The molecule has 0 bridgehead atoms. The zero-order valence-electron chi connectivity index (χ0n) is 14.0. The van der Waals surface area contributed by atoms with Gasteiger partial charge < -0.3 is 10.1 Å². The minimum absolute atomic E-state index is 0.191. The Hall–Kier alpha value is -3.60. The number of ether oxygens (including phenoxy) is 1. The minimum atomic E-state index is -0.191. The van der Waals surface area contributed by atoms with Crippen molar-refractivity contribution >= 4 is 22.6 Å². The summed E-state index contributed by atoms with van der Waals surface area (Å²) in [7, 11) is 0. The number of H-pyrrole nitrogens is 1. The van der Waals surface area contributed by atoms with E-state index in [1.54, 1.807) is 12.1 Å². The molecular weight excluding hydrogens is 326 g/mol. The topological polar surface area (TPSA) is 67.0 Å². The molecule has 0 unspecified atom stereocenters. The van der Waals surface area contributed by atoms with E-state index < -0.39 is 0 Å². The van der Waals surface area contributed by atoms with E-state index in [1.165, 1.54) is 0 Å². The summed E-state index contributed by atoms with van der Waals surface area (Å²) in [4.78, 5) is 12.3. The molecule has 0 spiro atoms. The second kappa shape index (κ2) is 7.11. The minimum Gasteiger partial charge on any atom is -0.489 e. The molecule has 128 valence electrons. The Morgan fingerprint density at radius 2 is 1.69 bits per heavy atom. The summed E-state index contributed by atoms with van der Waals surface area (Å²) in [5, 5.41) is 10.8. The maximum atomic E-state index is 12.3. The number of carbonyl (C=O) groups is 1. The maximum absolute atomic E-state index is 12.3. The van der Waals surface area contributed by atoms with Crippen LogP contribution in [0.4, 0.5) is 5.82 Å². The summed E-state index contributed by atoms with van der Waals surface area (Å²) in [6, 6.07) is 24.7. The maximum Gasteiger partial charge on any atom is 0.256 e. The van der Waals surface area contributed by atoms with Crippen molar-refractivity contribution in [1.29, 1.82) is 0 Å². The summed E-state index contributed by atoms with van der Waals surface area (Å²) in [5.41, 5.74) is 2.50. The van der Waals surface area contributed by atoms with Gasteiger partial charge in [-0.25, -0.2) is 0 Å². The number of aromatic nitrogens is 2. The predicted molar refractivity (Wildman–Crippen MR) is 101 cm³/mol. The number of aromatic amines is 1. The predicted octanol–water partition coefficient (Wildman–Crippen LogP) is 4.39. The lowest BCUT2D eigenvalue weighted by molar-refractivity contribution is 0.102. The summed E-state index contributed by atoms with van der Waals surface area (Å²) in [6.07, 6.45) is 0. The van der Waals surface area contributed by atoms with E-state index in [0.29, 0.717) is 18.0 Å². The van der Waals surface area contributed by atoms with Crippen LogP contribution in [0.3, 0.4) is 0 Å². The van der Waals surface area contributed by atoms with Gasteiger partial charge in [0.2, 0.25) is 0 Å². The number of benzene rings is 3. The number of hydrogen-bond acceptors (Lipinski definition) is 3. The van der Waals surface area contributed by atoms with E-state index in [2.05, 4.69) is 15.5 Å². The summed E-state index contributed by atoms with van der Waals surface area (Å²) in [5.74, 6) is 1.05. The molecule has 26 heavy (non-hydrogen) atoms. The van der Waals surface area contributed by atoms with Gasteiger partial charge in [0, 0.05) is 17.0 Å². The van der Waals surface area contributed by atoms with Crippen LogP contribution >= 0.6 is 0 Å². The molecule has 1 heterocycles. The number of amides is 1. The first-order valence-electron chi connectivity index (χ1n) is 8.31. The zero-order valence-corrected chi connectivity index (χ0v) is 14.0. The van der Waals surface area contributed by atoms with Crippen molar-refractivity contribution in [3.63, 3.8) is 0 Å². The number of rotatable bonds is 5. The van der Waals surface area contributed by atoms with Gasteiger partial charge in [0.05, 0.1) is 5.52 Å². The number of hydrogen-bond donors (Lipinski definition) is 2. The Kier molecular flexibility index (Phi) is 4.35. The second-order valence-electron chi connectivity index (χ2n) is 5.87. The average molecular weight is 343 g/mol. The lowest BCUT2D eigenvalue weighted by Gasteiger charge is -2.06. The SMILES string of the molecule is O=C(Nc1n[nH]c2cc(OCc3ccccc3)ccc12)c1ccccc1. The Labute approximate surface area is 150 Å². The van der Waals surface area contributed by atoms with Crippen molar-refractivity contribution < 1.29 is 9.53 Å². The van der Waals surface area contributed by atoms with Gasteiger partial charge >= 0.3 is 0 Å². The van der Waals surface area contributed by atoms with Crippen LogP contribution in [0.15, 0.2) is 78.9 Å². The van der Waals surface area contributed by atoms with Crippen molar-refractivity contribution in [2.24, 2.45) is 0 Å². The van der Waals surface area contributed by atoms with Crippen LogP contribution in [0.1, 0.15) is 15.9 Å². The number of fused-ring (bicyclic) bond motifs is 1. The fraction of sp³-hybridized carbons (Fsp3) is 0.0476. The highest BCUT2D eigenvalue weighted by Crippen LogP contribution is 2.25. The highest BCUT2D eigenvalue weighted by molar-refractivity contribution is 6.07. The fourth-order valence-electron chi connectivity index (χ4n) is 2.69. The lowest BCUT2D eigenvalue weighted by atomic mass is 10.2. The van der Waals surface area contributed by atoms with Crippen LogP contribution in [0, 0.1) is 0 Å². The van der Waals surface area contributed by atoms with Crippen molar-refractivity contribution in [2.45, 2.75) is 6.61 Å². The molecule has 0 radical (unpaired) electrons. The van der Waals surface area contributed by atoms with Gasteiger partial charge in [0.15, 0.2) is 5.82 Å². The van der Waals surface area contributed by atoms with E-state index >= 15 is 0 Å². The molecule has 5 heteroatoms. The van der Waals surface area contributed by atoms with Crippen LogP contribution in [0.5, 0.6) is 5.75 Å². The molecule has 1 aromatic heterocycles. The second-order valence-corrected chi connectivity index (χ2v) is 5.87. The highest BCUT2D eigenvalue weighted by atomic mass is 16.5. The van der Waals surface area contributed by atoms with E-state index in [4.69, 9.17) is 4.74 Å². The standard InChI is InChI=1S/C21H17N3O2/c25-21(16-9-5-2-6-10-16)22-20-18-12-11-17(13-19(18)23-24-20)26-14-15-7-3-1-4-8-15/h1-13H,14H2,(H2,22,23,24,25). The number of nitrogens with one attached hydrogen (secondary N) is 2. The molecule has 0 saturated heterocycles. The Morgan fingerprint density at radius 3 is 2.46 bits per heavy atom. The van der Waals surface area contributed by atoms with E-state index in [-0.39, 0.29) is 5.91 Å². The normalized spacial score (nSPS) is 10.6. The summed E-state index contributed by atoms with van der Waals surface area (Å²) in [6.45, 7) is 0.498. The number of nitrogens with zero attached hydrogens (tertiary/aromatic N) is 1. The molecule has 4 rings (SSSR count). The highest BCUT2D eigenvalue weighted by Gasteiger charge is 2.11. The molecular formula is C21H17N3O2. The van der Waals surface area contributed by atoms with Crippen LogP contribution < -0.4 is 10.1 Å². The number of carbonyl (C=O) groups excluding carboxylic acids is 1. The molecule has 0 saturated carbocycles. The first-order chi connectivity index (χ1) is 12.8. The van der Waals surface area contributed by atoms with E-state index in [9.17, 15) is 4.79 Å². The monoisotopic (exact) mass is 343 g/mol. The molecule has 0 aliphatic heterocycles. The molecule has 1 amide bonds. The third kappa shape index (κ3) is 3.42. The fourth-order valence-corrected chi connectivity index (χ4v) is 2.69. The molecule has 4 aromatic rings. The van der Waals surface area contributed by atoms with E-state index in [1.807, 2.05) is 66.7 Å². The van der Waals surface area contributed by atoms with Gasteiger partial charge in [-0.1, -0.05) is 48.5 Å². The summed E-state index contributed by atoms with van der Waals surface area (Å²) < 4.78 is 5.82. The van der Waals surface area contributed by atoms with Gasteiger partial charge in [-0.2, -0.15) is 5.10 Å².